The van der Waals surface area contributed by atoms with Crippen LogP contribution in [0.25, 0.3) is 0 Å². The number of rotatable bonds is 11. The van der Waals surface area contributed by atoms with Crippen molar-refractivity contribution in [2.75, 3.05) is 52.9 Å². The number of carbonyl (C=O) groups excluding carboxylic acids is 1. The maximum absolute atomic E-state index is 11.2. The molecule has 0 aliphatic heterocycles. The second kappa shape index (κ2) is 11.9. The number of aliphatic hydroxyl groups is 1. The Bertz CT molecular complexity index is 237. The highest BCUT2D eigenvalue weighted by Crippen LogP contribution is 2.07. The molecule has 0 unspecified atom stereocenters. The highest BCUT2D eigenvalue weighted by atomic mass is 16.7. The van der Waals surface area contributed by atoms with Gasteiger partial charge in [-0.15, -0.1) is 0 Å². The third kappa shape index (κ3) is 15.2. The van der Waals surface area contributed by atoms with Gasteiger partial charge >= 0.3 is 6.16 Å². The van der Waals surface area contributed by atoms with Gasteiger partial charge in [-0.25, -0.2) is 4.79 Å². The van der Waals surface area contributed by atoms with Crippen molar-refractivity contribution in [2.24, 2.45) is 0 Å². The van der Waals surface area contributed by atoms with Gasteiger partial charge in [0.15, 0.2) is 0 Å². The van der Waals surface area contributed by atoms with Gasteiger partial charge in [0, 0.05) is 0 Å². The molecule has 0 atom stereocenters. The van der Waals surface area contributed by atoms with E-state index in [0.717, 1.165) is 0 Å². The van der Waals surface area contributed by atoms with Gasteiger partial charge in [0.2, 0.25) is 0 Å². The first-order valence-corrected chi connectivity index (χ1v) is 6.65. The average molecular weight is 294 g/mol. The largest absolute Gasteiger partial charge is 0.508 e. The first kappa shape index (κ1) is 19.1. The lowest BCUT2D eigenvalue weighted by Gasteiger charge is -2.18. The first-order valence-electron chi connectivity index (χ1n) is 6.65. The third-order valence-corrected chi connectivity index (χ3v) is 1.82. The highest BCUT2D eigenvalue weighted by Gasteiger charge is 2.16. The quantitative estimate of drug-likeness (QED) is 0.449. The van der Waals surface area contributed by atoms with Crippen molar-refractivity contribution >= 4 is 6.16 Å². The van der Waals surface area contributed by atoms with Crippen LogP contribution < -0.4 is 0 Å². The lowest BCUT2D eigenvalue weighted by molar-refractivity contribution is -0.0267. The van der Waals surface area contributed by atoms with E-state index in [1.807, 2.05) is 0 Å². The van der Waals surface area contributed by atoms with Gasteiger partial charge in [-0.2, -0.15) is 0 Å². The minimum Gasteiger partial charge on any atom is -0.432 e. The predicted octanol–water partition coefficient (Wildman–Crippen LogP) is 0.980. The summed E-state index contributed by atoms with van der Waals surface area (Å²) in [6, 6.07) is 0. The second-order valence-electron chi connectivity index (χ2n) is 4.87. The van der Waals surface area contributed by atoms with Crippen LogP contribution in [0, 0.1) is 0 Å². The molecular formula is C13H26O7. The van der Waals surface area contributed by atoms with Crippen LogP contribution in [0.3, 0.4) is 0 Å². The minimum atomic E-state index is -0.696. The Morgan fingerprint density at radius 2 is 1.30 bits per heavy atom. The zero-order valence-electron chi connectivity index (χ0n) is 12.6. The van der Waals surface area contributed by atoms with Gasteiger partial charge in [0.05, 0.1) is 46.2 Å². The summed E-state index contributed by atoms with van der Waals surface area (Å²) in [5.41, 5.74) is -0.552. The van der Waals surface area contributed by atoms with Crippen LogP contribution >= 0.6 is 0 Å². The van der Waals surface area contributed by atoms with E-state index in [4.69, 9.17) is 28.8 Å². The molecule has 0 aliphatic carbocycles. The third-order valence-electron chi connectivity index (χ3n) is 1.82. The number of hydrogen-bond acceptors (Lipinski definition) is 7. The van der Waals surface area contributed by atoms with Gasteiger partial charge in [-0.1, -0.05) is 0 Å². The number of aliphatic hydroxyl groups excluding tert-OH is 1. The number of hydrogen-bond donors (Lipinski definition) is 1. The Labute approximate surface area is 120 Å². The zero-order valence-corrected chi connectivity index (χ0v) is 12.6. The van der Waals surface area contributed by atoms with Crippen molar-refractivity contribution in [3.05, 3.63) is 0 Å². The van der Waals surface area contributed by atoms with Crippen LogP contribution in [0.5, 0.6) is 0 Å². The minimum absolute atomic E-state index is 0.0146. The molecule has 0 fully saturated rings. The molecule has 0 saturated carbocycles. The normalized spacial score (nSPS) is 11.4. The van der Waals surface area contributed by atoms with Gasteiger partial charge in [-0.3, -0.25) is 0 Å². The SMILES string of the molecule is CC(C)(C)OC(=O)OCCOCCOCCOCCO. The molecule has 0 bridgehead atoms. The molecule has 0 amide bonds. The van der Waals surface area contributed by atoms with E-state index in [1.54, 1.807) is 20.8 Å². The Balaban J connectivity index is 3.19. The summed E-state index contributed by atoms with van der Waals surface area (Å²) < 4.78 is 25.2. The maximum atomic E-state index is 11.2. The van der Waals surface area contributed by atoms with E-state index < -0.39 is 11.8 Å². The molecule has 7 heteroatoms. The predicted molar refractivity (Wildman–Crippen MR) is 71.7 cm³/mol. The topological polar surface area (TPSA) is 83.5 Å². The summed E-state index contributed by atoms with van der Waals surface area (Å²) in [7, 11) is 0. The van der Waals surface area contributed by atoms with E-state index in [0.29, 0.717) is 39.6 Å². The van der Waals surface area contributed by atoms with E-state index in [2.05, 4.69) is 0 Å². The standard InChI is InChI=1S/C13H26O7/c1-13(2,3)20-12(15)19-11-10-18-9-8-17-7-6-16-5-4-14/h14H,4-11H2,1-3H3. The van der Waals surface area contributed by atoms with Crippen LogP contribution in [0.4, 0.5) is 4.79 Å². The smallest absolute Gasteiger partial charge is 0.432 e. The maximum Gasteiger partial charge on any atom is 0.508 e. The summed E-state index contributed by atoms with van der Waals surface area (Å²) in [6.07, 6.45) is -0.696. The summed E-state index contributed by atoms with van der Waals surface area (Å²) in [5, 5.41) is 8.46. The molecule has 120 valence electrons. The molecule has 0 saturated heterocycles. The van der Waals surface area contributed by atoms with Crippen molar-refractivity contribution in [1.29, 1.82) is 0 Å². The van der Waals surface area contributed by atoms with Crippen molar-refractivity contribution in [3.63, 3.8) is 0 Å². The van der Waals surface area contributed by atoms with Gasteiger partial charge < -0.3 is 28.8 Å². The van der Waals surface area contributed by atoms with E-state index >= 15 is 0 Å². The fourth-order valence-electron chi connectivity index (χ4n) is 1.07. The van der Waals surface area contributed by atoms with E-state index in [9.17, 15) is 4.79 Å². The summed E-state index contributed by atoms with van der Waals surface area (Å²) >= 11 is 0. The van der Waals surface area contributed by atoms with Crippen molar-refractivity contribution < 1.29 is 33.6 Å². The molecule has 7 nitrogen and oxygen atoms in total. The molecule has 20 heavy (non-hydrogen) atoms. The van der Waals surface area contributed by atoms with Crippen LogP contribution in [0.1, 0.15) is 20.8 Å². The monoisotopic (exact) mass is 294 g/mol. The van der Waals surface area contributed by atoms with Crippen molar-refractivity contribution in [3.8, 4) is 0 Å². The second-order valence-corrected chi connectivity index (χ2v) is 4.87. The van der Waals surface area contributed by atoms with Gasteiger partial charge in [-0.05, 0) is 20.8 Å². The molecule has 0 rings (SSSR count). The number of ether oxygens (including phenoxy) is 5. The first-order chi connectivity index (χ1) is 9.45. The van der Waals surface area contributed by atoms with Crippen molar-refractivity contribution in [2.45, 2.75) is 26.4 Å². The fourth-order valence-corrected chi connectivity index (χ4v) is 1.07. The molecule has 1 N–H and O–H groups in total. The Morgan fingerprint density at radius 3 is 1.75 bits per heavy atom. The van der Waals surface area contributed by atoms with Crippen LogP contribution in [0.15, 0.2) is 0 Å². The lowest BCUT2D eigenvalue weighted by atomic mass is 10.2. The number of carbonyl (C=O) groups is 1. The molecule has 0 heterocycles. The van der Waals surface area contributed by atoms with Crippen LogP contribution in [-0.4, -0.2) is 69.7 Å². The van der Waals surface area contributed by atoms with Crippen molar-refractivity contribution in [1.82, 2.24) is 0 Å². The Morgan fingerprint density at radius 1 is 0.850 bits per heavy atom. The Kier molecular flexibility index (Phi) is 11.4. The molecule has 0 aromatic carbocycles. The van der Waals surface area contributed by atoms with Gasteiger partial charge in [0.1, 0.15) is 12.2 Å². The zero-order chi connectivity index (χ0) is 15.3. The van der Waals surface area contributed by atoms with Crippen LogP contribution in [0.2, 0.25) is 0 Å². The Hall–Kier alpha value is -0.890. The molecule has 0 spiro atoms. The highest BCUT2D eigenvalue weighted by molar-refractivity contribution is 5.60. The lowest BCUT2D eigenvalue weighted by Crippen LogP contribution is -2.25. The average Bonchev–Trinajstić information content (AvgIpc) is 2.34. The molecule has 0 radical (unpaired) electrons. The van der Waals surface area contributed by atoms with Gasteiger partial charge in [0.25, 0.3) is 0 Å². The van der Waals surface area contributed by atoms with E-state index in [-0.39, 0.29) is 13.2 Å². The summed E-state index contributed by atoms with van der Waals surface area (Å²) in [5.74, 6) is 0. The summed E-state index contributed by atoms with van der Waals surface area (Å²) in [4.78, 5) is 11.2. The molecule has 0 aromatic rings. The molecule has 0 aromatic heterocycles. The fraction of sp³-hybridized carbons (Fsp3) is 0.923. The van der Waals surface area contributed by atoms with Crippen LogP contribution in [-0.2, 0) is 23.7 Å². The molecular weight excluding hydrogens is 268 g/mol. The molecule has 0 aliphatic rings. The van der Waals surface area contributed by atoms with E-state index in [1.165, 1.54) is 0 Å². The summed E-state index contributed by atoms with van der Waals surface area (Å²) in [6.45, 7) is 7.85.